The standard InChI is InChI=1S/C7H14ClN5/c1-9-6-5(4-8)13(11-3)12-7(6)10-2/h9,11H,4H2,1-3H3,(H,10,12). The maximum Gasteiger partial charge on any atom is 0.173 e. The Hall–Kier alpha value is -1.10. The lowest BCUT2D eigenvalue weighted by atomic mass is 10.4. The molecule has 3 N–H and O–H groups in total. The van der Waals surface area contributed by atoms with Gasteiger partial charge < -0.3 is 16.1 Å². The molecule has 0 saturated heterocycles. The summed E-state index contributed by atoms with van der Waals surface area (Å²) in [4.78, 5) is 1.64. The Morgan fingerprint density at radius 3 is 2.38 bits per heavy atom. The highest BCUT2D eigenvalue weighted by molar-refractivity contribution is 6.17. The van der Waals surface area contributed by atoms with Crippen molar-refractivity contribution in [2.45, 2.75) is 5.88 Å². The average Bonchev–Trinajstić information content (AvgIpc) is 2.54. The quantitative estimate of drug-likeness (QED) is 0.636. The molecule has 1 aromatic rings. The van der Waals surface area contributed by atoms with Crippen molar-refractivity contribution in [3.05, 3.63) is 5.69 Å². The normalized spacial score (nSPS) is 9.85. The number of hydrogen-bond acceptors (Lipinski definition) is 4. The number of hydrogen-bond donors (Lipinski definition) is 3. The van der Waals surface area contributed by atoms with Crippen LogP contribution in [0, 0.1) is 0 Å². The maximum absolute atomic E-state index is 5.80. The van der Waals surface area contributed by atoms with Gasteiger partial charge in [-0.1, -0.05) is 0 Å². The number of nitrogens with zero attached hydrogens (tertiary/aromatic N) is 2. The number of halogens is 1. The summed E-state index contributed by atoms with van der Waals surface area (Å²) in [5.41, 5.74) is 4.75. The Bertz CT molecular complexity index is 256. The van der Waals surface area contributed by atoms with E-state index in [2.05, 4.69) is 21.2 Å². The number of alkyl halides is 1. The third kappa shape index (κ3) is 1.65. The monoisotopic (exact) mass is 203 g/mol. The molecule has 0 aliphatic heterocycles. The second-order valence-electron chi connectivity index (χ2n) is 2.44. The summed E-state index contributed by atoms with van der Waals surface area (Å²) in [6.07, 6.45) is 0. The highest BCUT2D eigenvalue weighted by Gasteiger charge is 2.13. The minimum atomic E-state index is 0.408. The first-order valence-electron chi connectivity index (χ1n) is 3.99. The first kappa shape index (κ1) is 9.98. The molecule has 0 bridgehead atoms. The molecule has 0 aliphatic rings. The zero-order valence-electron chi connectivity index (χ0n) is 7.98. The lowest BCUT2D eigenvalue weighted by Crippen LogP contribution is -2.13. The van der Waals surface area contributed by atoms with Crippen LogP contribution in [0.25, 0.3) is 0 Å². The van der Waals surface area contributed by atoms with Crippen molar-refractivity contribution in [1.82, 2.24) is 9.89 Å². The van der Waals surface area contributed by atoms with Crippen LogP contribution >= 0.6 is 11.6 Å². The van der Waals surface area contributed by atoms with Crippen molar-refractivity contribution in [1.29, 1.82) is 0 Å². The van der Waals surface area contributed by atoms with E-state index in [-0.39, 0.29) is 0 Å². The molecule has 13 heavy (non-hydrogen) atoms. The van der Waals surface area contributed by atoms with Crippen molar-refractivity contribution in [2.75, 3.05) is 37.2 Å². The molecule has 74 valence electrons. The van der Waals surface area contributed by atoms with Crippen LogP contribution in [-0.4, -0.2) is 31.0 Å². The molecule has 1 heterocycles. The number of rotatable bonds is 4. The van der Waals surface area contributed by atoms with Crippen LogP contribution in [0.5, 0.6) is 0 Å². The van der Waals surface area contributed by atoms with E-state index in [0.717, 1.165) is 17.2 Å². The molecule has 0 spiro atoms. The summed E-state index contributed by atoms with van der Waals surface area (Å²) in [5.74, 6) is 1.19. The van der Waals surface area contributed by atoms with E-state index in [1.807, 2.05) is 14.1 Å². The van der Waals surface area contributed by atoms with Crippen LogP contribution in [-0.2, 0) is 5.88 Å². The lowest BCUT2D eigenvalue weighted by Gasteiger charge is -2.04. The molecule has 0 fully saturated rings. The van der Waals surface area contributed by atoms with Crippen LogP contribution in [0.15, 0.2) is 0 Å². The van der Waals surface area contributed by atoms with Gasteiger partial charge >= 0.3 is 0 Å². The van der Waals surface area contributed by atoms with Gasteiger partial charge in [0.1, 0.15) is 11.4 Å². The zero-order valence-corrected chi connectivity index (χ0v) is 8.74. The summed E-state index contributed by atoms with van der Waals surface area (Å²) in [6.45, 7) is 0. The van der Waals surface area contributed by atoms with E-state index >= 15 is 0 Å². The third-order valence-electron chi connectivity index (χ3n) is 1.81. The Kier molecular flexibility index (Phi) is 3.25. The summed E-state index contributed by atoms with van der Waals surface area (Å²) < 4.78 is 0. The van der Waals surface area contributed by atoms with Crippen LogP contribution in [0.2, 0.25) is 0 Å². The van der Waals surface area contributed by atoms with Crippen molar-refractivity contribution in [3.63, 3.8) is 0 Å². The summed E-state index contributed by atoms with van der Waals surface area (Å²) >= 11 is 5.80. The number of anilines is 2. The molecular formula is C7H14ClN5. The van der Waals surface area contributed by atoms with Gasteiger partial charge in [0.15, 0.2) is 5.82 Å². The Morgan fingerprint density at radius 1 is 1.31 bits per heavy atom. The van der Waals surface area contributed by atoms with Crippen molar-refractivity contribution in [3.8, 4) is 0 Å². The van der Waals surface area contributed by atoms with E-state index < -0.39 is 0 Å². The van der Waals surface area contributed by atoms with E-state index in [1.165, 1.54) is 0 Å². The van der Waals surface area contributed by atoms with Gasteiger partial charge in [-0.3, -0.25) is 0 Å². The predicted octanol–water partition coefficient (Wildman–Crippen LogP) is 0.879. The van der Waals surface area contributed by atoms with Crippen LogP contribution in [0.3, 0.4) is 0 Å². The van der Waals surface area contributed by atoms with Gasteiger partial charge in [-0.2, -0.15) is 4.79 Å². The zero-order chi connectivity index (χ0) is 9.84. The van der Waals surface area contributed by atoms with Crippen LogP contribution < -0.4 is 16.1 Å². The molecule has 0 amide bonds. The molecule has 1 rings (SSSR count). The van der Waals surface area contributed by atoms with Gasteiger partial charge in [-0.25, -0.2) is 0 Å². The topological polar surface area (TPSA) is 53.9 Å². The third-order valence-corrected chi connectivity index (χ3v) is 2.06. The predicted molar refractivity (Wildman–Crippen MR) is 56.2 cm³/mol. The van der Waals surface area contributed by atoms with Gasteiger partial charge in [0.25, 0.3) is 0 Å². The molecule has 0 unspecified atom stereocenters. The molecule has 0 aromatic carbocycles. The molecule has 0 atom stereocenters. The first-order chi connectivity index (χ1) is 6.28. The Labute approximate surface area is 82.4 Å². The first-order valence-corrected chi connectivity index (χ1v) is 4.53. The van der Waals surface area contributed by atoms with Crippen molar-refractivity contribution in [2.24, 2.45) is 0 Å². The van der Waals surface area contributed by atoms with Gasteiger partial charge in [0.2, 0.25) is 0 Å². The van der Waals surface area contributed by atoms with Gasteiger partial charge in [-0.05, 0) is 0 Å². The van der Waals surface area contributed by atoms with Gasteiger partial charge in [0, 0.05) is 21.1 Å². The Morgan fingerprint density at radius 2 is 2.00 bits per heavy atom. The number of nitrogens with one attached hydrogen (secondary N) is 3. The van der Waals surface area contributed by atoms with Gasteiger partial charge in [0.05, 0.1) is 5.88 Å². The van der Waals surface area contributed by atoms with Crippen LogP contribution in [0.4, 0.5) is 11.5 Å². The van der Waals surface area contributed by atoms with E-state index in [4.69, 9.17) is 11.6 Å². The maximum atomic E-state index is 5.80. The molecule has 6 heteroatoms. The van der Waals surface area contributed by atoms with E-state index in [9.17, 15) is 0 Å². The largest absolute Gasteiger partial charge is 0.384 e. The summed E-state index contributed by atoms with van der Waals surface area (Å²) in [5, 5.41) is 10.3. The van der Waals surface area contributed by atoms with Crippen molar-refractivity contribution >= 4 is 23.1 Å². The highest BCUT2D eigenvalue weighted by Crippen LogP contribution is 2.25. The SMILES string of the molecule is CNc1nn(NC)c(CCl)c1NC. The van der Waals surface area contributed by atoms with Crippen LogP contribution in [0.1, 0.15) is 5.69 Å². The average molecular weight is 204 g/mol. The second kappa shape index (κ2) is 4.23. The fourth-order valence-corrected chi connectivity index (χ4v) is 1.45. The minimum Gasteiger partial charge on any atom is -0.384 e. The molecule has 0 saturated carbocycles. The molecule has 5 nitrogen and oxygen atoms in total. The number of aromatic nitrogens is 2. The second-order valence-corrected chi connectivity index (χ2v) is 2.71. The summed E-state index contributed by atoms with van der Waals surface area (Å²) in [7, 11) is 5.46. The summed E-state index contributed by atoms with van der Waals surface area (Å²) in [6, 6.07) is 0. The lowest BCUT2D eigenvalue weighted by molar-refractivity contribution is 0.752. The Balaban J connectivity index is 3.17. The van der Waals surface area contributed by atoms with Gasteiger partial charge in [-0.15, -0.1) is 16.7 Å². The van der Waals surface area contributed by atoms with E-state index in [1.54, 1.807) is 11.8 Å². The molecule has 0 radical (unpaired) electrons. The molecule has 0 aliphatic carbocycles. The molecule has 1 aromatic heterocycles. The minimum absolute atomic E-state index is 0.408. The van der Waals surface area contributed by atoms with Crippen molar-refractivity contribution < 1.29 is 0 Å². The highest BCUT2D eigenvalue weighted by atomic mass is 35.5. The molecular weight excluding hydrogens is 190 g/mol. The smallest absolute Gasteiger partial charge is 0.173 e. The fourth-order valence-electron chi connectivity index (χ4n) is 1.20. The van der Waals surface area contributed by atoms with E-state index in [0.29, 0.717) is 5.88 Å². The fraction of sp³-hybridized carbons (Fsp3) is 0.571.